The van der Waals surface area contributed by atoms with E-state index in [1.807, 2.05) is 48.5 Å². The molecule has 5 aromatic rings. The SMILES string of the molecule is CC(C)(CO)NC(=O)c1ccc(N2CCC(Nc3ncnc4ccc(C(c5ccc(Cl)cc5)c5ccc(Cl)cc5)cc34)CC2)cc1. The number of carbonyl (C=O) groups is 1. The zero-order valence-corrected chi connectivity index (χ0v) is 27.4. The second kappa shape index (κ2) is 13.7. The van der Waals surface area contributed by atoms with E-state index in [0.717, 1.165) is 65.0 Å². The maximum atomic E-state index is 12.6. The van der Waals surface area contributed by atoms with Crippen LogP contribution in [-0.2, 0) is 0 Å². The molecule has 1 fully saturated rings. The quantitative estimate of drug-likeness (QED) is 0.141. The molecule has 2 heterocycles. The van der Waals surface area contributed by atoms with Gasteiger partial charge in [0.1, 0.15) is 12.1 Å². The van der Waals surface area contributed by atoms with Gasteiger partial charge in [-0.3, -0.25) is 4.79 Å². The van der Waals surface area contributed by atoms with E-state index >= 15 is 0 Å². The summed E-state index contributed by atoms with van der Waals surface area (Å²) in [7, 11) is 0. The van der Waals surface area contributed by atoms with Crippen LogP contribution in [0, 0.1) is 0 Å². The van der Waals surface area contributed by atoms with Crippen molar-refractivity contribution in [1.29, 1.82) is 0 Å². The second-order valence-electron chi connectivity index (χ2n) is 12.5. The summed E-state index contributed by atoms with van der Waals surface area (Å²) in [4.78, 5) is 24.2. The average molecular weight is 655 g/mol. The first-order valence-corrected chi connectivity index (χ1v) is 16.3. The van der Waals surface area contributed by atoms with Crippen LogP contribution in [0.3, 0.4) is 0 Å². The number of anilines is 2. The van der Waals surface area contributed by atoms with Gasteiger partial charge in [0, 0.05) is 51.7 Å². The van der Waals surface area contributed by atoms with E-state index in [1.54, 1.807) is 20.2 Å². The minimum atomic E-state index is -0.670. The zero-order valence-electron chi connectivity index (χ0n) is 25.9. The Morgan fingerprint density at radius 2 is 1.46 bits per heavy atom. The predicted octanol–water partition coefficient (Wildman–Crippen LogP) is 7.70. The molecule has 0 radical (unpaired) electrons. The number of fused-ring (bicyclic) bond motifs is 1. The lowest BCUT2D eigenvalue weighted by Gasteiger charge is -2.34. The molecular formula is C37H37Cl2N5O2. The van der Waals surface area contributed by atoms with Crippen LogP contribution in [-0.4, -0.2) is 52.3 Å². The molecule has 6 rings (SSSR count). The topological polar surface area (TPSA) is 90.4 Å². The highest BCUT2D eigenvalue weighted by molar-refractivity contribution is 6.30. The van der Waals surface area contributed by atoms with E-state index in [1.165, 1.54) is 0 Å². The van der Waals surface area contributed by atoms with E-state index in [-0.39, 0.29) is 24.5 Å². The predicted molar refractivity (Wildman–Crippen MR) is 187 cm³/mol. The molecule has 9 heteroatoms. The highest BCUT2D eigenvalue weighted by atomic mass is 35.5. The van der Waals surface area contributed by atoms with E-state index in [4.69, 9.17) is 23.2 Å². The third-order valence-electron chi connectivity index (χ3n) is 8.58. The van der Waals surface area contributed by atoms with Crippen molar-refractivity contribution < 1.29 is 9.90 Å². The number of hydrogen-bond donors (Lipinski definition) is 3. The van der Waals surface area contributed by atoms with E-state index < -0.39 is 5.54 Å². The third-order valence-corrected chi connectivity index (χ3v) is 9.08. The Kier molecular flexibility index (Phi) is 9.45. The second-order valence-corrected chi connectivity index (χ2v) is 13.4. The Morgan fingerprint density at radius 1 is 0.870 bits per heavy atom. The van der Waals surface area contributed by atoms with Gasteiger partial charge in [-0.1, -0.05) is 53.5 Å². The minimum absolute atomic E-state index is 0.0196. The summed E-state index contributed by atoms with van der Waals surface area (Å²) in [6.07, 6.45) is 3.50. The Balaban J connectivity index is 1.18. The molecule has 4 aromatic carbocycles. The summed E-state index contributed by atoms with van der Waals surface area (Å²) in [5.74, 6) is 0.618. The van der Waals surface area contributed by atoms with Crippen molar-refractivity contribution in [2.24, 2.45) is 0 Å². The van der Waals surface area contributed by atoms with Crippen molar-refractivity contribution in [3.05, 3.63) is 130 Å². The number of amides is 1. The van der Waals surface area contributed by atoms with Crippen molar-refractivity contribution in [2.75, 3.05) is 29.9 Å². The number of nitrogens with one attached hydrogen (secondary N) is 2. The number of aliphatic hydroxyl groups excluding tert-OH is 1. The highest BCUT2D eigenvalue weighted by Gasteiger charge is 2.23. The summed E-state index contributed by atoms with van der Waals surface area (Å²) < 4.78 is 0. The van der Waals surface area contributed by atoms with Crippen LogP contribution in [0.4, 0.5) is 11.5 Å². The Hall–Kier alpha value is -4.17. The summed E-state index contributed by atoms with van der Waals surface area (Å²) in [6.45, 7) is 5.22. The third kappa shape index (κ3) is 7.28. The van der Waals surface area contributed by atoms with Gasteiger partial charge in [-0.15, -0.1) is 0 Å². The minimum Gasteiger partial charge on any atom is -0.394 e. The number of aliphatic hydroxyl groups is 1. The lowest BCUT2D eigenvalue weighted by atomic mass is 9.84. The number of carbonyl (C=O) groups excluding carboxylic acids is 1. The Morgan fingerprint density at radius 3 is 2.04 bits per heavy atom. The number of rotatable bonds is 9. The molecule has 1 aliphatic rings. The standard InChI is InChI=1S/C37H37Cl2N5O2/c1-37(2,22-45)43-36(46)26-7-14-31(15-8-26)44-19-17-30(18-20-44)42-35-32-21-27(9-16-33(32)40-23-41-35)34(24-3-10-28(38)11-4-24)25-5-12-29(39)13-6-25/h3-16,21,23,30,34,45H,17-20,22H2,1-2H3,(H,43,46)(H,40,41,42). The smallest absolute Gasteiger partial charge is 0.251 e. The number of hydrogen-bond acceptors (Lipinski definition) is 6. The fourth-order valence-electron chi connectivity index (χ4n) is 5.97. The monoisotopic (exact) mass is 653 g/mol. The molecule has 3 N–H and O–H groups in total. The van der Waals surface area contributed by atoms with Gasteiger partial charge < -0.3 is 20.6 Å². The Bertz CT molecular complexity index is 1760. The Labute approximate surface area is 279 Å². The van der Waals surface area contributed by atoms with Crippen molar-refractivity contribution >= 4 is 51.5 Å². The van der Waals surface area contributed by atoms with Crippen LogP contribution in [0.1, 0.15) is 59.7 Å². The van der Waals surface area contributed by atoms with E-state index in [9.17, 15) is 9.90 Å². The van der Waals surface area contributed by atoms with Crippen molar-refractivity contribution in [3.8, 4) is 0 Å². The van der Waals surface area contributed by atoms with Crippen LogP contribution in [0.2, 0.25) is 10.0 Å². The number of benzene rings is 4. The summed E-state index contributed by atoms with van der Waals surface area (Å²) >= 11 is 12.5. The van der Waals surface area contributed by atoms with Crippen molar-refractivity contribution in [1.82, 2.24) is 15.3 Å². The molecule has 0 bridgehead atoms. The lowest BCUT2D eigenvalue weighted by molar-refractivity contribution is 0.0869. The molecule has 1 saturated heterocycles. The molecule has 46 heavy (non-hydrogen) atoms. The zero-order chi connectivity index (χ0) is 32.3. The number of piperidine rings is 1. The fourth-order valence-corrected chi connectivity index (χ4v) is 6.23. The van der Waals surface area contributed by atoms with Crippen LogP contribution in [0.25, 0.3) is 10.9 Å². The summed E-state index contributed by atoms with van der Waals surface area (Å²) in [5, 5.41) is 18.4. The maximum absolute atomic E-state index is 12.6. The van der Waals surface area contributed by atoms with Crippen molar-refractivity contribution in [3.63, 3.8) is 0 Å². The van der Waals surface area contributed by atoms with Gasteiger partial charge in [-0.25, -0.2) is 9.97 Å². The molecule has 236 valence electrons. The van der Waals surface area contributed by atoms with E-state index in [2.05, 4.69) is 68.0 Å². The number of nitrogens with zero attached hydrogens (tertiary/aromatic N) is 3. The fraction of sp³-hybridized carbons (Fsp3) is 0.270. The average Bonchev–Trinajstić information content (AvgIpc) is 3.07. The molecular weight excluding hydrogens is 617 g/mol. The molecule has 0 spiro atoms. The van der Waals surface area contributed by atoms with Gasteiger partial charge in [0.15, 0.2) is 0 Å². The highest BCUT2D eigenvalue weighted by Crippen LogP contribution is 2.36. The molecule has 0 unspecified atom stereocenters. The molecule has 0 aliphatic carbocycles. The molecule has 1 amide bonds. The van der Waals surface area contributed by atoms with Gasteiger partial charge >= 0.3 is 0 Å². The number of aromatic nitrogens is 2. The molecule has 0 atom stereocenters. The van der Waals surface area contributed by atoms with Crippen molar-refractivity contribution in [2.45, 2.75) is 44.2 Å². The van der Waals surface area contributed by atoms with Gasteiger partial charge in [-0.05, 0) is 104 Å². The maximum Gasteiger partial charge on any atom is 0.251 e. The summed E-state index contributed by atoms with van der Waals surface area (Å²) in [5.41, 5.74) is 5.27. The first-order chi connectivity index (χ1) is 22.2. The van der Waals surface area contributed by atoms with Gasteiger partial charge in [0.2, 0.25) is 0 Å². The van der Waals surface area contributed by atoms with Gasteiger partial charge in [0.05, 0.1) is 17.7 Å². The first kappa shape index (κ1) is 31.8. The van der Waals surface area contributed by atoms with Crippen LogP contribution in [0.15, 0.2) is 97.3 Å². The van der Waals surface area contributed by atoms with Crippen LogP contribution >= 0.6 is 23.2 Å². The van der Waals surface area contributed by atoms with Crippen LogP contribution in [0.5, 0.6) is 0 Å². The van der Waals surface area contributed by atoms with Gasteiger partial charge in [0.25, 0.3) is 5.91 Å². The van der Waals surface area contributed by atoms with Gasteiger partial charge in [-0.2, -0.15) is 0 Å². The molecule has 7 nitrogen and oxygen atoms in total. The summed E-state index contributed by atoms with van der Waals surface area (Å²) in [6, 6.07) is 30.3. The van der Waals surface area contributed by atoms with Crippen LogP contribution < -0.4 is 15.5 Å². The molecule has 0 saturated carbocycles. The molecule has 1 aromatic heterocycles. The normalized spacial score (nSPS) is 14.1. The lowest BCUT2D eigenvalue weighted by Crippen LogP contribution is -2.46. The molecule has 1 aliphatic heterocycles. The largest absolute Gasteiger partial charge is 0.394 e. The first-order valence-electron chi connectivity index (χ1n) is 15.5. The number of halogens is 2. The van der Waals surface area contributed by atoms with E-state index in [0.29, 0.717) is 15.6 Å².